The average molecular weight is 242 g/mol. The van der Waals surface area contributed by atoms with Crippen molar-refractivity contribution in [3.63, 3.8) is 0 Å². The van der Waals surface area contributed by atoms with Gasteiger partial charge in [-0.05, 0) is 0 Å². The number of rotatable bonds is 2. The van der Waals surface area contributed by atoms with Gasteiger partial charge in [0.15, 0.2) is 5.92 Å². The molecule has 4 N–H and O–H groups in total. The van der Waals surface area contributed by atoms with Crippen LogP contribution in [0.1, 0.15) is 0 Å². The third-order valence-corrected chi connectivity index (χ3v) is 3.41. The van der Waals surface area contributed by atoms with E-state index >= 15 is 0 Å². The SMILES string of the molecule is C[NH+]1CC[NH+](CC2C(=O)NC(=O)NC2=O)CC1. The van der Waals surface area contributed by atoms with Gasteiger partial charge >= 0.3 is 6.03 Å². The van der Waals surface area contributed by atoms with Crippen LogP contribution in [0.2, 0.25) is 0 Å². The molecular weight excluding hydrogens is 224 g/mol. The number of likely N-dealkylation sites (N-methyl/N-ethyl adjacent to an activating group) is 1. The van der Waals surface area contributed by atoms with Crippen molar-refractivity contribution in [1.29, 1.82) is 0 Å². The quantitative estimate of drug-likeness (QED) is 0.368. The summed E-state index contributed by atoms with van der Waals surface area (Å²) in [4.78, 5) is 36.7. The Kier molecular flexibility index (Phi) is 3.39. The molecule has 7 nitrogen and oxygen atoms in total. The Bertz CT molecular complexity index is 329. The molecule has 0 aromatic carbocycles. The van der Waals surface area contributed by atoms with E-state index in [0.29, 0.717) is 6.54 Å². The lowest BCUT2D eigenvalue weighted by atomic mass is 10.1. The van der Waals surface area contributed by atoms with Gasteiger partial charge in [0.2, 0.25) is 11.8 Å². The third-order valence-electron chi connectivity index (χ3n) is 3.41. The Labute approximate surface area is 99.1 Å². The van der Waals surface area contributed by atoms with Crippen LogP contribution in [0.3, 0.4) is 0 Å². The van der Waals surface area contributed by atoms with E-state index in [1.165, 1.54) is 9.80 Å². The van der Waals surface area contributed by atoms with Crippen molar-refractivity contribution >= 4 is 17.8 Å². The van der Waals surface area contributed by atoms with Crippen molar-refractivity contribution in [1.82, 2.24) is 10.6 Å². The molecule has 0 saturated carbocycles. The highest BCUT2D eigenvalue weighted by Gasteiger charge is 2.38. The van der Waals surface area contributed by atoms with Crippen LogP contribution in [0.5, 0.6) is 0 Å². The molecule has 2 aliphatic rings. The molecule has 2 heterocycles. The van der Waals surface area contributed by atoms with Crippen LogP contribution >= 0.6 is 0 Å². The van der Waals surface area contributed by atoms with Crippen LogP contribution in [0, 0.1) is 5.92 Å². The number of hydrogen-bond donors (Lipinski definition) is 4. The minimum Gasteiger partial charge on any atom is -0.328 e. The van der Waals surface area contributed by atoms with Gasteiger partial charge in [0.1, 0.15) is 26.2 Å². The summed E-state index contributed by atoms with van der Waals surface area (Å²) in [6.45, 7) is 4.47. The van der Waals surface area contributed by atoms with E-state index in [1.807, 2.05) is 0 Å². The molecule has 7 heteroatoms. The van der Waals surface area contributed by atoms with Crippen molar-refractivity contribution in [2.45, 2.75) is 0 Å². The van der Waals surface area contributed by atoms with Crippen LogP contribution in [-0.2, 0) is 9.59 Å². The Balaban J connectivity index is 1.91. The van der Waals surface area contributed by atoms with E-state index in [0.717, 1.165) is 26.2 Å². The smallest absolute Gasteiger partial charge is 0.328 e. The largest absolute Gasteiger partial charge is 0.328 e. The molecule has 0 atom stereocenters. The van der Waals surface area contributed by atoms with Crippen LogP contribution in [0.4, 0.5) is 4.79 Å². The van der Waals surface area contributed by atoms with E-state index in [4.69, 9.17) is 0 Å². The zero-order valence-corrected chi connectivity index (χ0v) is 9.84. The Morgan fingerprint density at radius 2 is 1.59 bits per heavy atom. The average Bonchev–Trinajstić information content (AvgIpc) is 2.26. The lowest BCUT2D eigenvalue weighted by Gasteiger charge is -2.30. The zero-order chi connectivity index (χ0) is 12.4. The molecule has 94 valence electrons. The topological polar surface area (TPSA) is 84.2 Å². The normalized spacial score (nSPS) is 31.0. The van der Waals surface area contributed by atoms with Gasteiger partial charge in [-0.25, -0.2) is 4.79 Å². The van der Waals surface area contributed by atoms with Crippen LogP contribution in [-0.4, -0.2) is 57.6 Å². The van der Waals surface area contributed by atoms with Crippen molar-refractivity contribution in [2.75, 3.05) is 39.8 Å². The molecule has 0 aromatic heterocycles. The maximum absolute atomic E-state index is 11.5. The molecular formula is C10H18N4O3+2. The van der Waals surface area contributed by atoms with Gasteiger partial charge in [0.05, 0.1) is 13.6 Å². The number of carbonyl (C=O) groups is 3. The molecule has 0 aliphatic carbocycles. The fraction of sp³-hybridized carbons (Fsp3) is 0.700. The number of urea groups is 1. The van der Waals surface area contributed by atoms with Gasteiger partial charge in [-0.1, -0.05) is 0 Å². The molecule has 0 unspecified atom stereocenters. The molecule has 0 spiro atoms. The Hall–Kier alpha value is -1.47. The molecule has 2 saturated heterocycles. The Morgan fingerprint density at radius 3 is 2.12 bits per heavy atom. The summed E-state index contributed by atoms with van der Waals surface area (Å²) in [6.07, 6.45) is 0. The summed E-state index contributed by atoms with van der Waals surface area (Å²) < 4.78 is 0. The number of amides is 4. The number of carbonyl (C=O) groups excluding carboxylic acids is 3. The number of hydrogen-bond acceptors (Lipinski definition) is 3. The highest BCUT2D eigenvalue weighted by atomic mass is 16.2. The monoisotopic (exact) mass is 242 g/mol. The van der Waals surface area contributed by atoms with E-state index in [-0.39, 0.29) is 0 Å². The molecule has 2 aliphatic heterocycles. The maximum Gasteiger partial charge on any atom is 0.328 e. The first-order chi connectivity index (χ1) is 8.06. The van der Waals surface area contributed by atoms with E-state index in [9.17, 15) is 14.4 Å². The molecule has 0 bridgehead atoms. The van der Waals surface area contributed by atoms with Crippen LogP contribution in [0.15, 0.2) is 0 Å². The van der Waals surface area contributed by atoms with Crippen molar-refractivity contribution < 1.29 is 24.2 Å². The number of nitrogens with one attached hydrogen (secondary N) is 4. The van der Waals surface area contributed by atoms with Gasteiger partial charge in [0, 0.05) is 0 Å². The first-order valence-electron chi connectivity index (χ1n) is 5.87. The first-order valence-corrected chi connectivity index (χ1v) is 5.87. The number of piperazine rings is 1. The summed E-state index contributed by atoms with van der Waals surface area (Å²) in [7, 11) is 2.13. The number of imide groups is 2. The lowest BCUT2D eigenvalue weighted by Crippen LogP contribution is -3.27. The van der Waals surface area contributed by atoms with Gasteiger partial charge in [0.25, 0.3) is 0 Å². The second-order valence-corrected chi connectivity index (χ2v) is 4.77. The van der Waals surface area contributed by atoms with Gasteiger partial charge in [-0.15, -0.1) is 0 Å². The minimum atomic E-state index is -0.735. The summed E-state index contributed by atoms with van der Waals surface area (Å²) in [5, 5.41) is 4.26. The predicted octanol–water partition coefficient (Wildman–Crippen LogP) is -4.62. The predicted molar refractivity (Wildman–Crippen MR) is 57.4 cm³/mol. The molecule has 17 heavy (non-hydrogen) atoms. The summed E-state index contributed by atoms with van der Waals surface area (Å²) in [6, 6.07) is -0.714. The third kappa shape index (κ3) is 2.80. The minimum absolute atomic E-state index is 0.470. The zero-order valence-electron chi connectivity index (χ0n) is 9.84. The molecule has 0 aromatic rings. The van der Waals surface area contributed by atoms with Crippen molar-refractivity contribution in [3.05, 3.63) is 0 Å². The van der Waals surface area contributed by atoms with Crippen molar-refractivity contribution in [2.24, 2.45) is 5.92 Å². The van der Waals surface area contributed by atoms with Gasteiger partial charge in [-0.3, -0.25) is 20.2 Å². The maximum atomic E-state index is 11.5. The van der Waals surface area contributed by atoms with Crippen LogP contribution < -0.4 is 20.4 Å². The number of barbiturate groups is 1. The van der Waals surface area contributed by atoms with E-state index in [1.54, 1.807) is 0 Å². The molecule has 2 fully saturated rings. The van der Waals surface area contributed by atoms with Crippen LogP contribution in [0.25, 0.3) is 0 Å². The second-order valence-electron chi connectivity index (χ2n) is 4.77. The highest BCUT2D eigenvalue weighted by Crippen LogP contribution is 1.98. The molecule has 2 rings (SSSR count). The summed E-state index contributed by atoms with van der Waals surface area (Å²) >= 11 is 0. The standard InChI is InChI=1S/C10H16N4O3/c1-13-2-4-14(5-3-13)6-7-8(15)11-10(17)12-9(7)16/h7H,2-6H2,1H3,(H2,11,12,15,16,17)/p+2. The van der Waals surface area contributed by atoms with E-state index < -0.39 is 23.8 Å². The summed E-state index contributed by atoms with van der Waals surface area (Å²) in [5.74, 6) is -1.68. The highest BCUT2D eigenvalue weighted by molar-refractivity contribution is 6.16. The van der Waals surface area contributed by atoms with Crippen molar-refractivity contribution in [3.8, 4) is 0 Å². The molecule has 4 amide bonds. The first kappa shape index (κ1) is 12.0. The fourth-order valence-corrected chi connectivity index (χ4v) is 2.26. The lowest BCUT2D eigenvalue weighted by molar-refractivity contribution is -1.00. The summed E-state index contributed by atoms with van der Waals surface area (Å²) in [5.41, 5.74) is 0. The van der Waals surface area contributed by atoms with Gasteiger partial charge in [-0.2, -0.15) is 0 Å². The second kappa shape index (κ2) is 4.80. The van der Waals surface area contributed by atoms with Gasteiger partial charge < -0.3 is 9.80 Å². The Morgan fingerprint density at radius 1 is 1.06 bits per heavy atom. The fourth-order valence-electron chi connectivity index (χ4n) is 2.26. The molecule has 0 radical (unpaired) electrons. The number of quaternary nitrogens is 2. The van der Waals surface area contributed by atoms with E-state index in [2.05, 4.69) is 17.7 Å².